The normalized spacial score (nSPS) is 11.9. The molecule has 5 aromatic carbocycles. The van der Waals surface area contributed by atoms with Crippen LogP contribution in [0.15, 0.2) is 109 Å². The maximum atomic E-state index is 4.70. The smallest absolute Gasteiger partial charge is 0.169 e. The average Bonchev–Trinajstić information content (AvgIpc) is 3.58. The first kappa shape index (κ1) is 23.0. The number of nitrogens with zero attached hydrogens (tertiary/aromatic N) is 4. The van der Waals surface area contributed by atoms with Gasteiger partial charge in [-0.05, 0) is 78.9 Å². The first-order chi connectivity index (χ1) is 19.7. The molecule has 0 aliphatic carbocycles. The molecule has 4 heteroatoms. The largest absolute Gasteiger partial charge is 0.309 e. The Morgan fingerprint density at radius 3 is 2.10 bits per heavy atom. The van der Waals surface area contributed by atoms with Gasteiger partial charge in [0.15, 0.2) is 11.5 Å². The predicted octanol–water partition coefficient (Wildman–Crippen LogP) is 9.06. The van der Waals surface area contributed by atoms with Gasteiger partial charge in [-0.1, -0.05) is 73.5 Å². The van der Waals surface area contributed by atoms with Crippen molar-refractivity contribution in [1.82, 2.24) is 19.2 Å². The molecule has 0 N–H and O–H groups in total. The second-order valence-corrected chi connectivity index (χ2v) is 10.7. The second-order valence-electron chi connectivity index (χ2n) is 10.7. The molecular weight excluding hydrogens is 488 g/mol. The first-order valence-corrected chi connectivity index (χ1v) is 14.0. The Kier molecular flexibility index (Phi) is 5.05. The van der Waals surface area contributed by atoms with Crippen molar-refractivity contribution in [2.45, 2.75) is 26.7 Å². The second kappa shape index (κ2) is 8.78. The van der Waals surface area contributed by atoms with E-state index in [9.17, 15) is 0 Å². The number of pyridine rings is 1. The molecule has 3 heterocycles. The molecule has 0 bridgehead atoms. The SMILES string of the molecule is CCCc1ccc2c(c1)c1cc(C)ccc1n2-c1ccc(-c2nnc3c4ccccc4c4ccccc4n23)cc1. The van der Waals surface area contributed by atoms with Crippen LogP contribution in [0, 0.1) is 6.92 Å². The van der Waals surface area contributed by atoms with E-state index in [1.165, 1.54) is 43.7 Å². The quantitative estimate of drug-likeness (QED) is 0.219. The summed E-state index contributed by atoms with van der Waals surface area (Å²) >= 11 is 0. The zero-order valence-electron chi connectivity index (χ0n) is 22.6. The van der Waals surface area contributed by atoms with Crippen LogP contribution in [0.2, 0.25) is 0 Å². The third-order valence-corrected chi connectivity index (χ3v) is 8.17. The van der Waals surface area contributed by atoms with Crippen LogP contribution in [0.4, 0.5) is 0 Å². The fourth-order valence-corrected chi connectivity index (χ4v) is 6.35. The van der Waals surface area contributed by atoms with E-state index in [-0.39, 0.29) is 0 Å². The van der Waals surface area contributed by atoms with E-state index in [2.05, 4.69) is 137 Å². The Labute approximate surface area is 232 Å². The fourth-order valence-electron chi connectivity index (χ4n) is 6.35. The van der Waals surface area contributed by atoms with Crippen LogP contribution in [-0.4, -0.2) is 19.2 Å². The molecule has 0 spiro atoms. The number of aryl methyl sites for hydroxylation is 2. The molecule has 0 unspecified atom stereocenters. The summed E-state index contributed by atoms with van der Waals surface area (Å²) in [7, 11) is 0. The van der Waals surface area contributed by atoms with Crippen molar-refractivity contribution in [3.63, 3.8) is 0 Å². The Morgan fingerprint density at radius 2 is 1.30 bits per heavy atom. The Morgan fingerprint density at radius 1 is 0.600 bits per heavy atom. The zero-order chi connectivity index (χ0) is 26.8. The molecule has 4 nitrogen and oxygen atoms in total. The van der Waals surface area contributed by atoms with Crippen LogP contribution >= 0.6 is 0 Å². The van der Waals surface area contributed by atoms with Gasteiger partial charge in [0, 0.05) is 32.8 Å². The van der Waals surface area contributed by atoms with Gasteiger partial charge in [-0.3, -0.25) is 4.40 Å². The number of aromatic nitrogens is 4. The lowest BCUT2D eigenvalue weighted by Crippen LogP contribution is -1.96. The Balaban J connectivity index is 1.32. The summed E-state index contributed by atoms with van der Waals surface area (Å²) in [4.78, 5) is 0. The van der Waals surface area contributed by atoms with E-state index < -0.39 is 0 Å². The lowest BCUT2D eigenvalue weighted by Gasteiger charge is -2.11. The van der Waals surface area contributed by atoms with Crippen molar-refractivity contribution in [3.05, 3.63) is 120 Å². The first-order valence-electron chi connectivity index (χ1n) is 14.0. The van der Waals surface area contributed by atoms with Gasteiger partial charge in [0.25, 0.3) is 0 Å². The van der Waals surface area contributed by atoms with Crippen LogP contribution in [0.25, 0.3) is 66.2 Å². The van der Waals surface area contributed by atoms with Gasteiger partial charge < -0.3 is 4.57 Å². The Bertz CT molecular complexity index is 2230. The standard InChI is InChI=1S/C36H28N4/c1-3-8-24-14-20-34-31(22-24)30-21-23(2)13-19-33(30)39(34)26-17-15-25(16-18-26)35-37-38-36-29-11-5-4-9-27(29)28-10-6-7-12-32(28)40(35)36/h4-7,9-22H,3,8H2,1-2H3. The molecule has 0 radical (unpaired) electrons. The van der Waals surface area contributed by atoms with Gasteiger partial charge >= 0.3 is 0 Å². The van der Waals surface area contributed by atoms with Crippen molar-refractivity contribution in [3.8, 4) is 17.1 Å². The van der Waals surface area contributed by atoms with Gasteiger partial charge in [-0.15, -0.1) is 10.2 Å². The van der Waals surface area contributed by atoms with Gasteiger partial charge in [-0.2, -0.15) is 0 Å². The zero-order valence-corrected chi connectivity index (χ0v) is 22.6. The van der Waals surface area contributed by atoms with E-state index in [4.69, 9.17) is 5.10 Å². The highest BCUT2D eigenvalue weighted by molar-refractivity contribution is 6.12. The number of rotatable bonds is 4. The summed E-state index contributed by atoms with van der Waals surface area (Å²) in [5.41, 5.74) is 9.31. The lowest BCUT2D eigenvalue weighted by atomic mass is 10.1. The molecule has 0 amide bonds. The van der Waals surface area contributed by atoms with E-state index >= 15 is 0 Å². The minimum absolute atomic E-state index is 0.852. The van der Waals surface area contributed by atoms with Gasteiger partial charge in [0.1, 0.15) is 0 Å². The van der Waals surface area contributed by atoms with Crippen LogP contribution in [0.5, 0.6) is 0 Å². The van der Waals surface area contributed by atoms with E-state index in [1.54, 1.807) is 0 Å². The van der Waals surface area contributed by atoms with Gasteiger partial charge in [0.2, 0.25) is 0 Å². The minimum Gasteiger partial charge on any atom is -0.309 e. The summed E-state index contributed by atoms with van der Waals surface area (Å²) in [5, 5.41) is 15.5. The summed E-state index contributed by atoms with van der Waals surface area (Å²) in [5.74, 6) is 0.852. The van der Waals surface area contributed by atoms with Crippen molar-refractivity contribution in [1.29, 1.82) is 0 Å². The van der Waals surface area contributed by atoms with Crippen LogP contribution in [0.1, 0.15) is 24.5 Å². The highest BCUT2D eigenvalue weighted by atomic mass is 15.2. The molecular formula is C36H28N4. The minimum atomic E-state index is 0.852. The van der Waals surface area contributed by atoms with E-state index in [1.807, 2.05) is 0 Å². The van der Waals surface area contributed by atoms with E-state index in [0.29, 0.717) is 0 Å². The molecule has 8 rings (SSSR count). The number of hydrogen-bond donors (Lipinski definition) is 0. The molecule has 0 aliphatic heterocycles. The summed E-state index contributed by atoms with van der Waals surface area (Å²) in [6.07, 6.45) is 2.24. The van der Waals surface area contributed by atoms with Crippen molar-refractivity contribution >= 4 is 49.1 Å². The van der Waals surface area contributed by atoms with Crippen LogP contribution in [-0.2, 0) is 6.42 Å². The third-order valence-electron chi connectivity index (χ3n) is 8.17. The van der Waals surface area contributed by atoms with Gasteiger partial charge in [-0.25, -0.2) is 0 Å². The maximum Gasteiger partial charge on any atom is 0.169 e. The average molecular weight is 517 g/mol. The molecule has 8 aromatic rings. The molecule has 40 heavy (non-hydrogen) atoms. The summed E-state index contributed by atoms with van der Waals surface area (Å²) < 4.78 is 4.58. The van der Waals surface area contributed by atoms with Crippen molar-refractivity contribution in [2.24, 2.45) is 0 Å². The van der Waals surface area contributed by atoms with Gasteiger partial charge in [0.05, 0.1) is 16.6 Å². The Hall–Kier alpha value is -4.96. The predicted molar refractivity (Wildman–Crippen MR) is 167 cm³/mol. The fraction of sp³-hybridized carbons (Fsp3) is 0.111. The number of hydrogen-bond acceptors (Lipinski definition) is 2. The van der Waals surface area contributed by atoms with Crippen LogP contribution < -0.4 is 0 Å². The highest BCUT2D eigenvalue weighted by Crippen LogP contribution is 2.35. The van der Waals surface area contributed by atoms with Crippen LogP contribution in [0.3, 0.4) is 0 Å². The molecule has 0 atom stereocenters. The molecule has 0 saturated carbocycles. The van der Waals surface area contributed by atoms with E-state index in [0.717, 1.165) is 46.5 Å². The molecule has 192 valence electrons. The van der Waals surface area contributed by atoms with Crippen molar-refractivity contribution < 1.29 is 0 Å². The molecule has 3 aromatic heterocycles. The molecule has 0 fully saturated rings. The highest BCUT2D eigenvalue weighted by Gasteiger charge is 2.17. The number of fused-ring (bicyclic) bond motifs is 9. The molecule has 0 aliphatic rings. The number of benzene rings is 5. The van der Waals surface area contributed by atoms with Crippen molar-refractivity contribution in [2.75, 3.05) is 0 Å². The summed E-state index contributed by atoms with van der Waals surface area (Å²) in [6.45, 7) is 4.41. The third kappa shape index (κ3) is 3.32. The molecule has 0 saturated heterocycles. The monoisotopic (exact) mass is 516 g/mol. The maximum absolute atomic E-state index is 4.70. The number of para-hydroxylation sites is 1. The lowest BCUT2D eigenvalue weighted by molar-refractivity contribution is 0.923. The topological polar surface area (TPSA) is 35.1 Å². The summed E-state index contributed by atoms with van der Waals surface area (Å²) in [6, 6.07) is 39.4.